The van der Waals surface area contributed by atoms with Crippen LogP contribution in [0.5, 0.6) is 0 Å². The Morgan fingerprint density at radius 2 is 1.83 bits per heavy atom. The monoisotopic (exact) mass is 254 g/mol. The van der Waals surface area contributed by atoms with Gasteiger partial charge in [-0.15, -0.1) is 0 Å². The molecule has 2 nitrogen and oxygen atoms in total. The van der Waals surface area contributed by atoms with Crippen LogP contribution in [0, 0.1) is 17.8 Å². The minimum atomic E-state index is -0.191. The Morgan fingerprint density at radius 1 is 1.17 bits per heavy atom. The second-order valence-corrected chi connectivity index (χ2v) is 7.80. The lowest BCUT2D eigenvalue weighted by atomic mass is 9.72. The number of ether oxygens (including phenoxy) is 1. The third-order valence-electron chi connectivity index (χ3n) is 5.02. The predicted molar refractivity (Wildman–Crippen MR) is 74.5 cm³/mol. The van der Waals surface area contributed by atoms with E-state index < -0.39 is 0 Å². The first-order valence-electron chi connectivity index (χ1n) is 7.59. The predicted octanol–water partition coefficient (Wildman–Crippen LogP) is 3.77. The molecular formula is C16H30O2. The molecule has 1 aliphatic heterocycles. The quantitative estimate of drug-likeness (QED) is 0.813. The molecule has 1 N–H and O–H groups in total. The molecule has 1 heterocycles. The SMILES string of the molecule is CC1CCCC(C(O)C2CC(C)(C)OC2(C)C)C1. The van der Waals surface area contributed by atoms with E-state index in [1.165, 1.54) is 25.7 Å². The fourth-order valence-corrected chi connectivity index (χ4v) is 4.26. The van der Waals surface area contributed by atoms with Crippen molar-refractivity contribution in [1.29, 1.82) is 0 Å². The number of aliphatic hydroxyl groups excluding tert-OH is 1. The molecule has 0 aromatic rings. The van der Waals surface area contributed by atoms with Crippen molar-refractivity contribution in [2.24, 2.45) is 17.8 Å². The number of rotatable bonds is 2. The lowest BCUT2D eigenvalue weighted by Crippen LogP contribution is -2.41. The summed E-state index contributed by atoms with van der Waals surface area (Å²) >= 11 is 0. The van der Waals surface area contributed by atoms with Crippen molar-refractivity contribution in [2.75, 3.05) is 0 Å². The average molecular weight is 254 g/mol. The van der Waals surface area contributed by atoms with Gasteiger partial charge in [-0.3, -0.25) is 0 Å². The molecule has 0 spiro atoms. The zero-order chi connectivity index (χ0) is 13.6. The molecule has 1 saturated carbocycles. The van der Waals surface area contributed by atoms with Crippen molar-refractivity contribution in [3.8, 4) is 0 Å². The molecule has 1 saturated heterocycles. The maximum atomic E-state index is 10.8. The van der Waals surface area contributed by atoms with E-state index in [-0.39, 0.29) is 23.2 Å². The third kappa shape index (κ3) is 2.91. The molecule has 106 valence electrons. The highest BCUT2D eigenvalue weighted by Crippen LogP contribution is 2.47. The van der Waals surface area contributed by atoms with E-state index in [1.54, 1.807) is 0 Å². The van der Waals surface area contributed by atoms with Crippen LogP contribution in [0.1, 0.15) is 66.7 Å². The van der Waals surface area contributed by atoms with Gasteiger partial charge >= 0.3 is 0 Å². The Labute approximate surface area is 112 Å². The Bertz CT molecular complexity index is 295. The Morgan fingerprint density at radius 3 is 2.33 bits per heavy atom. The third-order valence-corrected chi connectivity index (χ3v) is 5.02. The van der Waals surface area contributed by atoms with Crippen molar-refractivity contribution in [3.05, 3.63) is 0 Å². The van der Waals surface area contributed by atoms with E-state index in [1.807, 2.05) is 0 Å². The van der Waals surface area contributed by atoms with Crippen molar-refractivity contribution >= 4 is 0 Å². The van der Waals surface area contributed by atoms with E-state index in [9.17, 15) is 5.11 Å². The first kappa shape index (κ1) is 14.3. The highest BCUT2D eigenvalue weighted by atomic mass is 16.5. The van der Waals surface area contributed by atoms with Crippen LogP contribution < -0.4 is 0 Å². The summed E-state index contributed by atoms with van der Waals surface area (Å²) in [5.74, 6) is 1.54. The van der Waals surface area contributed by atoms with Crippen LogP contribution in [-0.2, 0) is 4.74 Å². The molecule has 2 heteroatoms. The normalized spacial score (nSPS) is 40.7. The topological polar surface area (TPSA) is 29.5 Å². The molecule has 2 aliphatic rings. The molecule has 0 radical (unpaired) electrons. The van der Waals surface area contributed by atoms with Gasteiger partial charge in [-0.1, -0.05) is 19.8 Å². The van der Waals surface area contributed by atoms with Crippen molar-refractivity contribution in [3.63, 3.8) is 0 Å². The van der Waals surface area contributed by atoms with E-state index in [0.717, 1.165) is 12.3 Å². The summed E-state index contributed by atoms with van der Waals surface area (Å²) in [5.41, 5.74) is -0.279. The van der Waals surface area contributed by atoms with Crippen LogP contribution in [-0.4, -0.2) is 22.4 Å². The summed E-state index contributed by atoms with van der Waals surface area (Å²) in [6.45, 7) is 10.9. The molecule has 0 amide bonds. The first-order valence-corrected chi connectivity index (χ1v) is 7.59. The molecular weight excluding hydrogens is 224 g/mol. The van der Waals surface area contributed by atoms with Gasteiger partial charge in [0.1, 0.15) is 0 Å². The van der Waals surface area contributed by atoms with Crippen LogP contribution in [0.25, 0.3) is 0 Å². The standard InChI is InChI=1S/C16H30O2/c1-11-7-6-8-12(9-11)14(17)13-10-15(2,3)18-16(13,4)5/h11-14,17H,6-10H2,1-5H3. The Kier molecular flexibility index (Phi) is 3.81. The van der Waals surface area contributed by atoms with Crippen molar-refractivity contribution in [1.82, 2.24) is 0 Å². The van der Waals surface area contributed by atoms with Gasteiger partial charge in [0.25, 0.3) is 0 Å². The van der Waals surface area contributed by atoms with Gasteiger partial charge in [0.05, 0.1) is 17.3 Å². The van der Waals surface area contributed by atoms with Gasteiger partial charge < -0.3 is 9.84 Å². The summed E-state index contributed by atoms with van der Waals surface area (Å²) < 4.78 is 6.13. The first-order chi connectivity index (χ1) is 8.21. The molecule has 2 rings (SSSR count). The highest BCUT2D eigenvalue weighted by molar-refractivity contribution is 4.99. The molecule has 2 fully saturated rings. The minimum absolute atomic E-state index is 0.0879. The van der Waals surface area contributed by atoms with Crippen LogP contribution in [0.3, 0.4) is 0 Å². The fraction of sp³-hybridized carbons (Fsp3) is 1.00. The maximum absolute atomic E-state index is 10.8. The summed E-state index contributed by atoms with van der Waals surface area (Å²) in [4.78, 5) is 0. The number of aliphatic hydroxyl groups is 1. The van der Waals surface area contributed by atoms with Crippen LogP contribution >= 0.6 is 0 Å². The number of hydrogen-bond donors (Lipinski definition) is 1. The van der Waals surface area contributed by atoms with Gasteiger partial charge in [0, 0.05) is 5.92 Å². The molecule has 0 bridgehead atoms. The van der Waals surface area contributed by atoms with Crippen molar-refractivity contribution in [2.45, 2.75) is 84.0 Å². The highest BCUT2D eigenvalue weighted by Gasteiger charge is 2.50. The van der Waals surface area contributed by atoms with Gasteiger partial charge in [-0.05, 0) is 58.8 Å². The summed E-state index contributed by atoms with van der Waals surface area (Å²) in [6.07, 6.45) is 5.78. The minimum Gasteiger partial charge on any atom is -0.392 e. The summed E-state index contributed by atoms with van der Waals surface area (Å²) in [6, 6.07) is 0. The molecule has 1 aliphatic carbocycles. The zero-order valence-electron chi connectivity index (χ0n) is 12.7. The van der Waals surface area contributed by atoms with Crippen LogP contribution in [0.15, 0.2) is 0 Å². The summed E-state index contributed by atoms with van der Waals surface area (Å²) in [7, 11) is 0. The Balaban J connectivity index is 2.06. The smallest absolute Gasteiger partial charge is 0.0687 e. The van der Waals surface area contributed by atoms with Gasteiger partial charge in [0.15, 0.2) is 0 Å². The zero-order valence-corrected chi connectivity index (χ0v) is 12.7. The van der Waals surface area contributed by atoms with E-state index in [2.05, 4.69) is 34.6 Å². The van der Waals surface area contributed by atoms with Gasteiger partial charge in [-0.2, -0.15) is 0 Å². The second-order valence-electron chi connectivity index (χ2n) is 7.80. The molecule has 4 atom stereocenters. The van der Waals surface area contributed by atoms with E-state index in [4.69, 9.17) is 4.74 Å². The van der Waals surface area contributed by atoms with E-state index >= 15 is 0 Å². The summed E-state index contributed by atoms with van der Waals surface area (Å²) in [5, 5.41) is 10.8. The molecule has 0 aromatic carbocycles. The molecule has 4 unspecified atom stereocenters. The van der Waals surface area contributed by atoms with Crippen molar-refractivity contribution < 1.29 is 9.84 Å². The van der Waals surface area contributed by atoms with Crippen LogP contribution in [0.4, 0.5) is 0 Å². The number of hydrogen-bond acceptors (Lipinski definition) is 2. The van der Waals surface area contributed by atoms with Crippen LogP contribution in [0.2, 0.25) is 0 Å². The lowest BCUT2D eigenvalue weighted by molar-refractivity contribution is -0.0964. The average Bonchev–Trinajstić information content (AvgIpc) is 2.45. The van der Waals surface area contributed by atoms with Gasteiger partial charge in [-0.25, -0.2) is 0 Å². The largest absolute Gasteiger partial charge is 0.392 e. The molecule has 0 aromatic heterocycles. The lowest BCUT2D eigenvalue weighted by Gasteiger charge is -2.37. The second kappa shape index (κ2) is 4.79. The van der Waals surface area contributed by atoms with Gasteiger partial charge in [0.2, 0.25) is 0 Å². The Hall–Kier alpha value is -0.0800. The van der Waals surface area contributed by atoms with E-state index in [0.29, 0.717) is 5.92 Å². The fourth-order valence-electron chi connectivity index (χ4n) is 4.26. The molecule has 18 heavy (non-hydrogen) atoms. The maximum Gasteiger partial charge on any atom is 0.0687 e.